The monoisotopic (exact) mass is 411 g/mol. The van der Waals surface area contributed by atoms with E-state index in [1.54, 1.807) is 19.5 Å². The Morgan fingerprint density at radius 1 is 1.17 bits per heavy atom. The van der Waals surface area contributed by atoms with Crippen LogP contribution < -0.4 is 15.8 Å². The fourth-order valence-corrected chi connectivity index (χ4v) is 4.38. The van der Waals surface area contributed by atoms with Gasteiger partial charge in [0.05, 0.1) is 7.11 Å². The van der Waals surface area contributed by atoms with Crippen molar-refractivity contribution in [3.63, 3.8) is 0 Å². The number of rotatable bonds is 6. The van der Waals surface area contributed by atoms with Crippen LogP contribution in [0.15, 0.2) is 42.7 Å². The highest BCUT2D eigenvalue weighted by Crippen LogP contribution is 2.45. The van der Waals surface area contributed by atoms with Gasteiger partial charge in [0.1, 0.15) is 11.4 Å². The van der Waals surface area contributed by atoms with Crippen LogP contribution in [0, 0.1) is 5.41 Å². The zero-order chi connectivity index (χ0) is 21.8. The number of ether oxygens (including phenoxy) is 2. The Kier molecular flexibility index (Phi) is 6.66. The van der Waals surface area contributed by atoms with Gasteiger partial charge in [-0.15, -0.1) is 0 Å². The van der Waals surface area contributed by atoms with Gasteiger partial charge in [-0.25, -0.2) is 4.79 Å². The molecule has 1 fully saturated rings. The molecule has 0 bridgehead atoms. The molecule has 1 aliphatic carbocycles. The Balaban J connectivity index is 1.67. The molecule has 0 radical (unpaired) electrons. The highest BCUT2D eigenvalue weighted by Gasteiger charge is 2.47. The van der Waals surface area contributed by atoms with E-state index in [-0.39, 0.29) is 5.41 Å². The number of nitrogens with zero attached hydrogens (tertiary/aromatic N) is 1. The quantitative estimate of drug-likeness (QED) is 0.721. The Bertz CT molecular complexity index is 854. The summed E-state index contributed by atoms with van der Waals surface area (Å²) < 4.78 is 11.2. The highest BCUT2D eigenvalue weighted by molar-refractivity contribution is 5.66. The van der Waals surface area contributed by atoms with Crippen molar-refractivity contribution in [2.24, 2.45) is 11.1 Å². The molecule has 1 amide bonds. The number of aromatic nitrogens is 1. The third kappa shape index (κ3) is 4.93. The molecule has 1 saturated carbocycles. The van der Waals surface area contributed by atoms with Crippen molar-refractivity contribution in [1.82, 2.24) is 10.3 Å². The second kappa shape index (κ2) is 9.04. The number of pyridine rings is 1. The van der Waals surface area contributed by atoms with Crippen molar-refractivity contribution >= 4 is 6.09 Å². The average molecular weight is 412 g/mol. The number of carbonyl (C=O) groups excluding carboxylic acids is 1. The van der Waals surface area contributed by atoms with E-state index >= 15 is 0 Å². The lowest BCUT2D eigenvalue weighted by atomic mass is 9.67. The molecular weight excluding hydrogens is 378 g/mol. The Morgan fingerprint density at radius 3 is 2.40 bits per heavy atom. The summed E-state index contributed by atoms with van der Waals surface area (Å²) in [5.41, 5.74) is 8.10. The molecule has 0 unspecified atom stereocenters. The second-order valence-electron chi connectivity index (χ2n) is 9.08. The van der Waals surface area contributed by atoms with Crippen LogP contribution in [0.5, 0.6) is 5.75 Å². The Labute approximate surface area is 179 Å². The minimum Gasteiger partial charge on any atom is -0.496 e. The number of primary amides is 1. The van der Waals surface area contributed by atoms with Gasteiger partial charge < -0.3 is 20.5 Å². The summed E-state index contributed by atoms with van der Waals surface area (Å²) in [6, 6.07) is 10.6. The number of nitrogens with two attached hydrogens (primary N) is 1. The molecule has 0 atom stereocenters. The van der Waals surface area contributed by atoms with Gasteiger partial charge in [0.2, 0.25) is 0 Å². The lowest BCUT2D eigenvalue weighted by molar-refractivity contribution is -0.0932. The predicted molar refractivity (Wildman–Crippen MR) is 118 cm³/mol. The molecule has 0 aliphatic heterocycles. The van der Waals surface area contributed by atoms with E-state index in [9.17, 15) is 4.79 Å². The molecule has 2 aromatic rings. The second-order valence-corrected chi connectivity index (χ2v) is 9.08. The minimum atomic E-state index is -0.686. The van der Waals surface area contributed by atoms with E-state index in [1.807, 2.05) is 18.2 Å². The van der Waals surface area contributed by atoms with Gasteiger partial charge in [-0.2, -0.15) is 0 Å². The van der Waals surface area contributed by atoms with Gasteiger partial charge in [0.15, 0.2) is 0 Å². The van der Waals surface area contributed by atoms with E-state index in [0.717, 1.165) is 48.1 Å². The van der Waals surface area contributed by atoms with Crippen molar-refractivity contribution < 1.29 is 14.3 Å². The van der Waals surface area contributed by atoms with E-state index in [0.29, 0.717) is 12.6 Å². The molecule has 1 aromatic carbocycles. The number of amides is 1. The van der Waals surface area contributed by atoms with Crippen molar-refractivity contribution in [3.8, 4) is 16.9 Å². The summed E-state index contributed by atoms with van der Waals surface area (Å²) in [6.45, 7) is 7.05. The van der Waals surface area contributed by atoms with Crippen molar-refractivity contribution in [2.45, 2.75) is 64.6 Å². The zero-order valence-electron chi connectivity index (χ0n) is 18.4. The molecular formula is C24H33N3O3. The normalized spacial score (nSPS) is 21.8. The largest absolute Gasteiger partial charge is 0.496 e. The lowest BCUT2D eigenvalue weighted by Gasteiger charge is -2.47. The number of hydrogen-bond donors (Lipinski definition) is 2. The van der Waals surface area contributed by atoms with E-state index in [4.69, 9.17) is 15.2 Å². The molecule has 6 nitrogen and oxygen atoms in total. The molecule has 3 rings (SSSR count). The van der Waals surface area contributed by atoms with E-state index in [2.05, 4.69) is 43.2 Å². The van der Waals surface area contributed by atoms with Crippen LogP contribution >= 0.6 is 0 Å². The molecule has 1 aliphatic rings. The van der Waals surface area contributed by atoms with Gasteiger partial charge in [-0.05, 0) is 61.1 Å². The molecule has 0 saturated heterocycles. The van der Waals surface area contributed by atoms with Crippen molar-refractivity contribution in [1.29, 1.82) is 0 Å². The highest BCUT2D eigenvalue weighted by atomic mass is 16.6. The Morgan fingerprint density at radius 2 is 1.83 bits per heavy atom. The first-order valence-electron chi connectivity index (χ1n) is 10.5. The first kappa shape index (κ1) is 22.1. The fourth-order valence-electron chi connectivity index (χ4n) is 4.38. The molecule has 162 valence electrons. The van der Waals surface area contributed by atoms with Crippen molar-refractivity contribution in [3.05, 3.63) is 48.3 Å². The van der Waals surface area contributed by atoms with Crippen molar-refractivity contribution in [2.75, 3.05) is 7.11 Å². The van der Waals surface area contributed by atoms with Crippen LogP contribution in [0.1, 0.15) is 52.0 Å². The molecule has 1 aromatic heterocycles. The summed E-state index contributed by atoms with van der Waals surface area (Å²) in [5, 5.41) is 3.67. The first-order chi connectivity index (χ1) is 14.2. The van der Waals surface area contributed by atoms with Gasteiger partial charge in [0.25, 0.3) is 0 Å². The number of benzene rings is 1. The standard InChI is InChI=1S/C24H33N3O3/c1-23(2,3)24(30-22(25)28)11-7-20(8-12-24)27-16-19-15-18(5-6-21(19)29-4)17-9-13-26-14-10-17/h5-6,9-10,13-15,20,27H,7-8,11-12,16H2,1-4H3,(H2,25,28). The maximum absolute atomic E-state index is 11.5. The first-order valence-corrected chi connectivity index (χ1v) is 10.5. The fraction of sp³-hybridized carbons (Fsp3) is 0.500. The van der Waals surface area contributed by atoms with Crippen LogP contribution in [-0.4, -0.2) is 29.8 Å². The van der Waals surface area contributed by atoms with Gasteiger partial charge in [-0.3, -0.25) is 4.98 Å². The van der Waals surface area contributed by atoms with Gasteiger partial charge >= 0.3 is 6.09 Å². The number of nitrogens with one attached hydrogen (secondary N) is 1. The molecule has 3 N–H and O–H groups in total. The number of methoxy groups -OCH3 is 1. The van der Waals surface area contributed by atoms with E-state index < -0.39 is 11.7 Å². The lowest BCUT2D eigenvalue weighted by Crippen LogP contribution is -2.52. The minimum absolute atomic E-state index is 0.158. The third-order valence-corrected chi connectivity index (χ3v) is 6.33. The Hall–Kier alpha value is -2.60. The maximum Gasteiger partial charge on any atom is 0.405 e. The van der Waals surface area contributed by atoms with Crippen LogP contribution in [0.25, 0.3) is 11.1 Å². The average Bonchev–Trinajstić information content (AvgIpc) is 2.72. The smallest absolute Gasteiger partial charge is 0.405 e. The molecule has 0 spiro atoms. The molecule has 1 heterocycles. The topological polar surface area (TPSA) is 86.5 Å². The summed E-state index contributed by atoms with van der Waals surface area (Å²) in [5.74, 6) is 0.872. The predicted octanol–water partition coefficient (Wildman–Crippen LogP) is 4.67. The third-order valence-electron chi connectivity index (χ3n) is 6.33. The van der Waals surface area contributed by atoms with Crippen LogP contribution in [0.3, 0.4) is 0 Å². The summed E-state index contributed by atoms with van der Waals surface area (Å²) in [6.07, 6.45) is 6.36. The van der Waals surface area contributed by atoms with Crippen LogP contribution in [0.2, 0.25) is 0 Å². The summed E-state index contributed by atoms with van der Waals surface area (Å²) in [7, 11) is 1.70. The van der Waals surface area contributed by atoms with E-state index in [1.165, 1.54) is 0 Å². The van der Waals surface area contributed by atoms with Gasteiger partial charge in [-0.1, -0.05) is 26.8 Å². The zero-order valence-corrected chi connectivity index (χ0v) is 18.4. The summed E-state index contributed by atoms with van der Waals surface area (Å²) in [4.78, 5) is 15.6. The van der Waals surface area contributed by atoms with Crippen LogP contribution in [0.4, 0.5) is 4.79 Å². The number of hydrogen-bond acceptors (Lipinski definition) is 5. The maximum atomic E-state index is 11.5. The molecule has 6 heteroatoms. The molecule has 30 heavy (non-hydrogen) atoms. The summed E-state index contributed by atoms with van der Waals surface area (Å²) >= 11 is 0. The number of carbonyl (C=O) groups is 1. The SMILES string of the molecule is COc1ccc(-c2ccncc2)cc1CNC1CCC(OC(N)=O)(C(C)(C)C)CC1. The van der Waals surface area contributed by atoms with Gasteiger partial charge in [0, 0.05) is 36.0 Å². The van der Waals surface area contributed by atoms with Crippen LogP contribution in [-0.2, 0) is 11.3 Å².